The van der Waals surface area contributed by atoms with Crippen LogP contribution >= 0.6 is 0 Å². The molecule has 1 aliphatic carbocycles. The van der Waals surface area contributed by atoms with Gasteiger partial charge in [0.2, 0.25) is 11.8 Å². The summed E-state index contributed by atoms with van der Waals surface area (Å²) < 4.78 is 19.2. The van der Waals surface area contributed by atoms with Crippen molar-refractivity contribution in [3.8, 4) is 0 Å². The van der Waals surface area contributed by atoms with Crippen LogP contribution in [0.2, 0.25) is 0 Å². The molecule has 0 unspecified atom stereocenters. The molecule has 10 nitrogen and oxygen atoms in total. The first-order valence-electron chi connectivity index (χ1n) is 18.2. The second-order valence-corrected chi connectivity index (χ2v) is 13.9. The lowest BCUT2D eigenvalue weighted by Gasteiger charge is -2.36. The van der Waals surface area contributed by atoms with E-state index >= 15 is 0 Å². The van der Waals surface area contributed by atoms with Crippen molar-refractivity contribution < 1.29 is 23.5 Å². The van der Waals surface area contributed by atoms with Gasteiger partial charge in [0.05, 0.1) is 31.3 Å². The number of piperazine rings is 1. The molecule has 2 aliphatic heterocycles. The van der Waals surface area contributed by atoms with Gasteiger partial charge in [-0.25, -0.2) is 9.37 Å². The first-order chi connectivity index (χ1) is 25.3. The van der Waals surface area contributed by atoms with Crippen LogP contribution in [-0.4, -0.2) is 91.0 Å². The maximum Gasteiger partial charge on any atom is 0.270 e. The standard InChI is InChI=1S/C41H45FN6O4/c1-28(35-14-13-34(24-31(35)10-9-29-7-8-29)47-19-17-46(18-20-47)26-30-5-3-2-4-6-30)44-41(51)38-27-52-22-21-48(38)39(49)25-43-40(50)37-15-11-32-23-33(42)12-16-36(32)45-37/h2-6,9-16,23-24,28-29,38H,7-8,17-22,25-27H2,1H3,(H,43,50)(H,44,51)/b10-9+/t28-,38-/m0/s1. The number of halogens is 1. The van der Waals surface area contributed by atoms with Gasteiger partial charge in [0.15, 0.2) is 0 Å². The van der Waals surface area contributed by atoms with Crippen LogP contribution in [0.1, 0.15) is 53.0 Å². The number of carbonyl (C=O) groups is 3. The Hall–Kier alpha value is -5.13. The predicted octanol–water partition coefficient (Wildman–Crippen LogP) is 4.95. The molecule has 3 aromatic carbocycles. The molecule has 3 amide bonds. The van der Waals surface area contributed by atoms with Crippen LogP contribution in [0.15, 0.2) is 84.9 Å². The molecule has 11 heteroatoms. The van der Waals surface area contributed by atoms with Crippen molar-refractivity contribution in [3.05, 3.63) is 113 Å². The van der Waals surface area contributed by atoms with Crippen LogP contribution in [0.25, 0.3) is 17.0 Å². The van der Waals surface area contributed by atoms with Gasteiger partial charge in [0.25, 0.3) is 5.91 Å². The lowest BCUT2D eigenvalue weighted by molar-refractivity contribution is -0.148. The van der Waals surface area contributed by atoms with Gasteiger partial charge in [-0.15, -0.1) is 0 Å². The fourth-order valence-electron chi connectivity index (χ4n) is 6.91. The highest BCUT2D eigenvalue weighted by Crippen LogP contribution is 2.33. The number of allylic oxidation sites excluding steroid dienone is 1. The average molecular weight is 705 g/mol. The van der Waals surface area contributed by atoms with E-state index in [-0.39, 0.29) is 43.2 Å². The van der Waals surface area contributed by atoms with Gasteiger partial charge in [-0.1, -0.05) is 54.6 Å². The number of nitrogens with one attached hydrogen (secondary N) is 2. The van der Waals surface area contributed by atoms with Crippen molar-refractivity contribution in [2.45, 2.75) is 38.4 Å². The molecule has 2 N–H and O–H groups in total. The van der Waals surface area contributed by atoms with Gasteiger partial charge in [0.1, 0.15) is 17.6 Å². The third-order valence-electron chi connectivity index (χ3n) is 10.1. The minimum atomic E-state index is -0.841. The van der Waals surface area contributed by atoms with Crippen LogP contribution in [0.3, 0.4) is 0 Å². The Morgan fingerprint density at radius 1 is 0.962 bits per heavy atom. The number of hydrogen-bond acceptors (Lipinski definition) is 7. The minimum Gasteiger partial charge on any atom is -0.377 e. The summed E-state index contributed by atoms with van der Waals surface area (Å²) in [5.74, 6) is -1.03. The number of carbonyl (C=O) groups excluding carboxylic acids is 3. The smallest absolute Gasteiger partial charge is 0.270 e. The summed E-state index contributed by atoms with van der Waals surface area (Å²) >= 11 is 0. The van der Waals surface area contributed by atoms with Crippen LogP contribution in [0, 0.1) is 11.7 Å². The fourth-order valence-corrected chi connectivity index (χ4v) is 6.91. The highest BCUT2D eigenvalue weighted by atomic mass is 19.1. The zero-order chi connectivity index (χ0) is 36.0. The van der Waals surface area contributed by atoms with E-state index in [2.05, 4.69) is 86.1 Å². The van der Waals surface area contributed by atoms with Crippen molar-refractivity contribution >= 4 is 40.4 Å². The molecule has 270 valence electrons. The van der Waals surface area contributed by atoms with Gasteiger partial charge < -0.3 is 25.2 Å². The van der Waals surface area contributed by atoms with E-state index < -0.39 is 17.9 Å². The quantitative estimate of drug-likeness (QED) is 0.228. The summed E-state index contributed by atoms with van der Waals surface area (Å²) in [6, 6.07) is 23.1. The van der Waals surface area contributed by atoms with E-state index in [0.717, 1.165) is 43.9 Å². The first kappa shape index (κ1) is 35.3. The van der Waals surface area contributed by atoms with Crippen molar-refractivity contribution in [2.24, 2.45) is 5.92 Å². The topological polar surface area (TPSA) is 107 Å². The molecule has 3 aliphatic rings. The van der Waals surface area contributed by atoms with Crippen LogP contribution in [0.4, 0.5) is 10.1 Å². The Morgan fingerprint density at radius 2 is 1.77 bits per heavy atom. The SMILES string of the molecule is C[C@H](NC(=O)[C@@H]1COCCN1C(=O)CNC(=O)c1ccc2cc(F)ccc2n1)c1ccc(N2CCN(Cc3ccccc3)CC2)cc1/C=C/C1CC1. The number of rotatable bonds is 11. The van der Waals surface area contributed by atoms with Gasteiger partial charge >= 0.3 is 0 Å². The number of fused-ring (bicyclic) bond motifs is 1. The predicted molar refractivity (Wildman–Crippen MR) is 199 cm³/mol. The van der Waals surface area contributed by atoms with Crippen LogP contribution in [-0.2, 0) is 20.9 Å². The number of morpholine rings is 1. The summed E-state index contributed by atoms with van der Waals surface area (Å²) in [7, 11) is 0. The van der Waals surface area contributed by atoms with Gasteiger partial charge in [-0.2, -0.15) is 0 Å². The van der Waals surface area contributed by atoms with Crippen molar-refractivity contribution in [1.29, 1.82) is 0 Å². The lowest BCUT2D eigenvalue weighted by atomic mass is 9.98. The van der Waals surface area contributed by atoms with E-state index in [0.29, 0.717) is 23.4 Å². The third-order valence-corrected chi connectivity index (χ3v) is 10.1. The number of pyridine rings is 1. The normalized spacial score (nSPS) is 18.8. The molecule has 3 heterocycles. The summed E-state index contributed by atoms with van der Waals surface area (Å²) in [4.78, 5) is 50.6. The second-order valence-electron chi connectivity index (χ2n) is 13.9. The van der Waals surface area contributed by atoms with Crippen LogP contribution in [0.5, 0.6) is 0 Å². The molecule has 0 radical (unpaired) electrons. The molecule has 0 bridgehead atoms. The summed E-state index contributed by atoms with van der Waals surface area (Å²) in [5, 5.41) is 6.34. The van der Waals surface area contributed by atoms with Crippen molar-refractivity contribution in [3.63, 3.8) is 0 Å². The monoisotopic (exact) mass is 704 g/mol. The fraction of sp³-hybridized carbons (Fsp3) is 0.366. The van der Waals surface area contributed by atoms with Gasteiger partial charge in [-0.05, 0) is 78.8 Å². The molecule has 2 atom stereocenters. The Balaban J connectivity index is 0.977. The minimum absolute atomic E-state index is 0.0602. The van der Waals surface area contributed by atoms with Crippen LogP contribution < -0.4 is 15.5 Å². The first-order valence-corrected chi connectivity index (χ1v) is 18.2. The molecule has 2 saturated heterocycles. The molecular formula is C41H45FN6O4. The number of benzene rings is 3. The number of amides is 3. The van der Waals surface area contributed by atoms with E-state index in [1.807, 2.05) is 6.92 Å². The Bertz CT molecular complexity index is 1940. The number of ether oxygens (including phenoxy) is 1. The number of hydrogen-bond donors (Lipinski definition) is 2. The zero-order valence-corrected chi connectivity index (χ0v) is 29.5. The third kappa shape index (κ3) is 8.66. The molecule has 7 rings (SSSR count). The molecule has 52 heavy (non-hydrogen) atoms. The molecule has 3 fully saturated rings. The lowest BCUT2D eigenvalue weighted by Crippen LogP contribution is -2.57. The molecular weight excluding hydrogens is 659 g/mol. The average Bonchev–Trinajstić information content (AvgIpc) is 4.01. The van der Waals surface area contributed by atoms with Gasteiger partial charge in [-0.3, -0.25) is 19.3 Å². The summed E-state index contributed by atoms with van der Waals surface area (Å²) in [6.45, 7) is 7.05. The van der Waals surface area contributed by atoms with E-state index in [1.165, 1.54) is 53.3 Å². The van der Waals surface area contributed by atoms with Gasteiger partial charge in [0, 0.05) is 50.3 Å². The summed E-state index contributed by atoms with van der Waals surface area (Å²) in [5.41, 5.74) is 5.16. The van der Waals surface area contributed by atoms with Crippen molar-refractivity contribution in [1.82, 2.24) is 25.4 Å². The largest absolute Gasteiger partial charge is 0.377 e. The highest BCUT2D eigenvalue weighted by Gasteiger charge is 2.34. The Kier molecular flexibility index (Phi) is 10.9. The highest BCUT2D eigenvalue weighted by molar-refractivity contribution is 5.97. The maximum absolute atomic E-state index is 13.7. The molecule has 0 spiro atoms. The van der Waals surface area contributed by atoms with Crippen molar-refractivity contribution in [2.75, 3.05) is 57.4 Å². The van der Waals surface area contributed by atoms with E-state index in [9.17, 15) is 18.8 Å². The second kappa shape index (κ2) is 16.0. The number of aromatic nitrogens is 1. The molecule has 1 saturated carbocycles. The number of anilines is 1. The maximum atomic E-state index is 13.7. The van der Waals surface area contributed by atoms with E-state index in [1.54, 1.807) is 6.07 Å². The summed E-state index contributed by atoms with van der Waals surface area (Å²) in [6.07, 6.45) is 6.86. The molecule has 4 aromatic rings. The Morgan fingerprint density at radius 3 is 2.56 bits per heavy atom. The molecule has 1 aromatic heterocycles. The number of nitrogens with zero attached hydrogens (tertiary/aromatic N) is 4. The zero-order valence-electron chi connectivity index (χ0n) is 29.5. The van der Waals surface area contributed by atoms with E-state index in [4.69, 9.17) is 4.74 Å². The Labute approximate surface area is 303 Å².